The van der Waals surface area contributed by atoms with Crippen LogP contribution in [0.4, 0.5) is 22.0 Å². The van der Waals surface area contributed by atoms with Crippen LogP contribution in [0.5, 0.6) is 17.4 Å². The van der Waals surface area contributed by atoms with Gasteiger partial charge < -0.3 is 9.47 Å². The fraction of sp³-hybridized carbons (Fsp3) is 0.100. The van der Waals surface area contributed by atoms with E-state index in [1.54, 1.807) is 0 Å². The molecule has 29 heavy (non-hydrogen) atoms. The monoisotopic (exact) mass is 406 g/mol. The first-order chi connectivity index (χ1) is 13.7. The first kappa shape index (κ1) is 20.1. The summed E-state index contributed by atoms with van der Waals surface area (Å²) in [7, 11) is 0. The number of hydrogen-bond donors (Lipinski definition) is 0. The molecule has 0 saturated heterocycles. The maximum absolute atomic E-state index is 12.7. The van der Waals surface area contributed by atoms with Crippen molar-refractivity contribution in [1.82, 2.24) is 4.98 Å². The molecular formula is C20H11F5N2O2. The molecule has 2 aromatic carbocycles. The van der Waals surface area contributed by atoms with Crippen molar-refractivity contribution < 1.29 is 31.4 Å². The lowest BCUT2D eigenvalue weighted by Gasteiger charge is -2.10. The number of halogens is 5. The number of rotatable bonds is 5. The normalized spacial score (nSPS) is 11.2. The van der Waals surface area contributed by atoms with E-state index >= 15 is 0 Å². The van der Waals surface area contributed by atoms with Crippen molar-refractivity contribution in [3.63, 3.8) is 0 Å². The van der Waals surface area contributed by atoms with Crippen LogP contribution in [0.25, 0.3) is 11.3 Å². The number of hydrogen-bond acceptors (Lipinski definition) is 4. The second-order valence-electron chi connectivity index (χ2n) is 5.72. The Morgan fingerprint density at radius 3 is 2.24 bits per heavy atom. The predicted molar refractivity (Wildman–Crippen MR) is 92.5 cm³/mol. The van der Waals surface area contributed by atoms with Crippen LogP contribution in [-0.2, 0) is 6.18 Å². The summed E-state index contributed by atoms with van der Waals surface area (Å²) in [5.74, 6) is -0.0332. The Kier molecular flexibility index (Phi) is 5.64. The summed E-state index contributed by atoms with van der Waals surface area (Å²) in [6.07, 6.45) is -4.47. The highest BCUT2D eigenvalue weighted by Gasteiger charge is 2.30. The molecule has 1 heterocycles. The van der Waals surface area contributed by atoms with Gasteiger partial charge in [0.15, 0.2) is 0 Å². The van der Waals surface area contributed by atoms with Gasteiger partial charge in [0.25, 0.3) is 0 Å². The first-order valence-electron chi connectivity index (χ1n) is 8.07. The molecular weight excluding hydrogens is 395 g/mol. The highest BCUT2D eigenvalue weighted by atomic mass is 19.4. The molecule has 0 aliphatic heterocycles. The van der Waals surface area contributed by atoms with Gasteiger partial charge in [0.2, 0.25) is 5.88 Å². The van der Waals surface area contributed by atoms with Crippen LogP contribution >= 0.6 is 0 Å². The third-order valence-electron chi connectivity index (χ3n) is 3.69. The van der Waals surface area contributed by atoms with E-state index in [-0.39, 0.29) is 28.6 Å². The Morgan fingerprint density at radius 2 is 1.62 bits per heavy atom. The van der Waals surface area contributed by atoms with Crippen molar-refractivity contribution in [1.29, 1.82) is 5.26 Å². The number of alkyl halides is 5. The van der Waals surface area contributed by atoms with E-state index in [1.165, 1.54) is 48.5 Å². The van der Waals surface area contributed by atoms with Crippen LogP contribution in [0.1, 0.15) is 11.1 Å². The molecule has 3 rings (SSSR count). The van der Waals surface area contributed by atoms with Crippen molar-refractivity contribution in [2.75, 3.05) is 0 Å². The van der Waals surface area contributed by atoms with Gasteiger partial charge >= 0.3 is 12.8 Å². The second-order valence-corrected chi connectivity index (χ2v) is 5.72. The summed E-state index contributed by atoms with van der Waals surface area (Å²) in [6.45, 7) is -3.00. The van der Waals surface area contributed by atoms with Gasteiger partial charge in [-0.25, -0.2) is 4.98 Å². The van der Waals surface area contributed by atoms with Crippen LogP contribution < -0.4 is 9.47 Å². The van der Waals surface area contributed by atoms with Gasteiger partial charge in [-0.3, -0.25) is 0 Å². The Bertz CT molecular complexity index is 1040. The lowest BCUT2D eigenvalue weighted by atomic mass is 10.1. The van der Waals surface area contributed by atoms with Crippen LogP contribution in [0.15, 0.2) is 60.7 Å². The molecule has 0 atom stereocenters. The molecule has 9 heteroatoms. The molecule has 0 aliphatic rings. The molecule has 148 valence electrons. The topological polar surface area (TPSA) is 55.1 Å². The molecule has 0 spiro atoms. The largest absolute Gasteiger partial charge is 0.439 e. The van der Waals surface area contributed by atoms with Gasteiger partial charge in [0, 0.05) is 17.7 Å². The van der Waals surface area contributed by atoms with Crippen LogP contribution in [0.2, 0.25) is 0 Å². The van der Waals surface area contributed by atoms with Crippen LogP contribution in [-0.4, -0.2) is 11.6 Å². The average molecular weight is 406 g/mol. The van der Waals surface area contributed by atoms with E-state index in [0.29, 0.717) is 5.56 Å². The Balaban J connectivity index is 1.91. The van der Waals surface area contributed by atoms with Gasteiger partial charge in [-0.05, 0) is 30.3 Å². The Labute approximate surface area is 161 Å². The predicted octanol–water partition coefficient (Wildman–Crippen LogP) is 6.03. The highest BCUT2D eigenvalue weighted by Crippen LogP contribution is 2.32. The zero-order chi connectivity index (χ0) is 21.0. The number of aromatic nitrogens is 1. The van der Waals surface area contributed by atoms with Crippen molar-refractivity contribution in [3.05, 3.63) is 71.8 Å². The minimum absolute atomic E-state index is 0.0341. The van der Waals surface area contributed by atoms with Gasteiger partial charge in [-0.1, -0.05) is 18.2 Å². The maximum atomic E-state index is 12.7. The zero-order valence-electron chi connectivity index (χ0n) is 14.5. The van der Waals surface area contributed by atoms with Crippen LogP contribution in [0, 0.1) is 11.3 Å². The molecule has 0 saturated carbocycles. The first-order valence-corrected chi connectivity index (χ1v) is 8.07. The fourth-order valence-corrected chi connectivity index (χ4v) is 2.43. The van der Waals surface area contributed by atoms with E-state index in [2.05, 4.69) is 9.72 Å². The second kappa shape index (κ2) is 8.14. The molecule has 0 bridgehead atoms. The van der Waals surface area contributed by atoms with E-state index in [4.69, 9.17) is 4.74 Å². The zero-order valence-corrected chi connectivity index (χ0v) is 14.5. The van der Waals surface area contributed by atoms with Gasteiger partial charge in [0.1, 0.15) is 11.5 Å². The van der Waals surface area contributed by atoms with Crippen LogP contribution in [0.3, 0.4) is 0 Å². The summed E-state index contributed by atoms with van der Waals surface area (Å²) in [5, 5.41) is 9.21. The van der Waals surface area contributed by atoms with Gasteiger partial charge in [-0.2, -0.15) is 27.2 Å². The fourth-order valence-electron chi connectivity index (χ4n) is 2.43. The molecule has 0 radical (unpaired) electrons. The smallest absolute Gasteiger partial charge is 0.416 e. The third-order valence-corrected chi connectivity index (χ3v) is 3.69. The molecule has 4 nitrogen and oxygen atoms in total. The lowest BCUT2D eigenvalue weighted by Crippen LogP contribution is -2.04. The number of nitrogens with zero attached hydrogens (tertiary/aromatic N) is 2. The molecule has 3 aromatic rings. The molecule has 0 amide bonds. The Morgan fingerprint density at radius 1 is 0.931 bits per heavy atom. The number of pyridine rings is 1. The number of ether oxygens (including phenoxy) is 2. The SMILES string of the molecule is N#Cc1cc(Oc2cccc(OC(F)F)c2)nc(-c2ccc(C(F)(F)F)cc2)c1. The summed E-state index contributed by atoms with van der Waals surface area (Å²) < 4.78 is 72.7. The minimum Gasteiger partial charge on any atom is -0.439 e. The van der Waals surface area contributed by atoms with Crippen molar-refractivity contribution in [3.8, 4) is 34.7 Å². The lowest BCUT2D eigenvalue weighted by molar-refractivity contribution is -0.137. The molecule has 1 aromatic heterocycles. The highest BCUT2D eigenvalue weighted by molar-refractivity contribution is 5.62. The quantitative estimate of drug-likeness (QED) is 0.485. The van der Waals surface area contributed by atoms with E-state index in [9.17, 15) is 27.2 Å². The average Bonchev–Trinajstić information content (AvgIpc) is 2.67. The van der Waals surface area contributed by atoms with E-state index in [0.717, 1.165) is 12.1 Å². The van der Waals surface area contributed by atoms with Gasteiger partial charge in [0.05, 0.1) is 22.9 Å². The number of nitriles is 1. The van der Waals surface area contributed by atoms with E-state index in [1.807, 2.05) is 6.07 Å². The molecule has 0 unspecified atom stereocenters. The summed E-state index contributed by atoms with van der Waals surface area (Å²) in [6, 6.07) is 14.3. The van der Waals surface area contributed by atoms with Gasteiger partial charge in [-0.15, -0.1) is 0 Å². The number of benzene rings is 2. The molecule has 0 aliphatic carbocycles. The summed E-state index contributed by atoms with van der Waals surface area (Å²) >= 11 is 0. The molecule has 0 fully saturated rings. The summed E-state index contributed by atoms with van der Waals surface area (Å²) in [5.41, 5.74) is -0.0996. The summed E-state index contributed by atoms with van der Waals surface area (Å²) in [4.78, 5) is 4.19. The van der Waals surface area contributed by atoms with E-state index < -0.39 is 18.4 Å². The van der Waals surface area contributed by atoms with Crippen molar-refractivity contribution >= 4 is 0 Å². The molecule has 0 N–H and O–H groups in total. The Hall–Kier alpha value is -3.67. The maximum Gasteiger partial charge on any atom is 0.416 e. The van der Waals surface area contributed by atoms with Crippen molar-refractivity contribution in [2.45, 2.75) is 12.8 Å². The van der Waals surface area contributed by atoms with Crippen molar-refractivity contribution in [2.24, 2.45) is 0 Å². The standard InChI is InChI=1S/C20H11F5N2O2/c21-19(22)29-16-3-1-2-15(10-16)28-18-9-12(11-26)8-17(27-18)13-4-6-14(7-5-13)20(23,24)25/h1-10,19H. The minimum atomic E-state index is -4.47. The third kappa shape index (κ3) is 5.19.